The molecule has 0 radical (unpaired) electrons. The largest absolute Gasteiger partial charge is 0.436 e. The minimum Gasteiger partial charge on any atom is -0.436 e. The number of halogens is 1. The Morgan fingerprint density at radius 1 is 0.844 bits per heavy atom. The molecule has 0 unspecified atom stereocenters. The molecule has 32 heavy (non-hydrogen) atoms. The number of amides is 1. The average Bonchev–Trinajstić information content (AvgIpc) is 3.24. The molecule has 4 nitrogen and oxygen atoms in total. The molecule has 1 heterocycles. The number of hydrogen-bond acceptors (Lipinski definition) is 3. The Labute approximate surface area is 190 Å². The zero-order valence-corrected chi connectivity index (χ0v) is 18.1. The molecule has 1 amide bonds. The molecule has 156 valence electrons. The molecule has 0 aliphatic rings. The van der Waals surface area contributed by atoms with Crippen molar-refractivity contribution in [2.45, 2.75) is 6.92 Å². The van der Waals surface area contributed by atoms with E-state index in [9.17, 15) is 4.79 Å². The van der Waals surface area contributed by atoms with E-state index in [1.807, 2.05) is 73.7 Å². The van der Waals surface area contributed by atoms with E-state index in [0.29, 0.717) is 22.2 Å². The summed E-state index contributed by atoms with van der Waals surface area (Å²) in [6.45, 7) is 2.00. The molecule has 5 heteroatoms. The molecule has 4 aromatic carbocycles. The van der Waals surface area contributed by atoms with Crippen LogP contribution in [0.1, 0.15) is 15.9 Å². The van der Waals surface area contributed by atoms with Crippen molar-refractivity contribution in [3.8, 4) is 22.6 Å². The highest BCUT2D eigenvalue weighted by Gasteiger charge is 2.13. The molecule has 0 saturated carbocycles. The van der Waals surface area contributed by atoms with Crippen molar-refractivity contribution in [1.82, 2.24) is 4.98 Å². The van der Waals surface area contributed by atoms with Crippen LogP contribution in [0.2, 0.25) is 5.02 Å². The number of fused-ring (bicyclic) bond motifs is 1. The van der Waals surface area contributed by atoms with Crippen molar-refractivity contribution in [2.75, 3.05) is 5.32 Å². The van der Waals surface area contributed by atoms with Crippen LogP contribution in [0.5, 0.6) is 0 Å². The standard InChI is InChI=1S/C27H19ClN2O2/c1-17-7-14-23-25(15-17)32-27(30-23)21-12-13-22(28)24(16-21)29-26(31)20-10-8-19(9-11-20)18-5-3-2-4-6-18/h2-16H,1H3,(H,29,31). The highest BCUT2D eigenvalue weighted by molar-refractivity contribution is 6.34. The van der Waals surface area contributed by atoms with Crippen LogP contribution in [0, 0.1) is 6.92 Å². The van der Waals surface area contributed by atoms with Crippen molar-refractivity contribution in [2.24, 2.45) is 0 Å². The normalized spacial score (nSPS) is 10.9. The number of benzene rings is 4. The lowest BCUT2D eigenvalue weighted by molar-refractivity contribution is 0.102. The van der Waals surface area contributed by atoms with Gasteiger partial charge in [0.15, 0.2) is 5.58 Å². The van der Waals surface area contributed by atoms with E-state index in [2.05, 4.69) is 10.3 Å². The lowest BCUT2D eigenvalue weighted by Crippen LogP contribution is -2.12. The van der Waals surface area contributed by atoms with Crippen LogP contribution in [-0.2, 0) is 0 Å². The number of carbonyl (C=O) groups excluding carboxylic acids is 1. The van der Waals surface area contributed by atoms with Crippen molar-refractivity contribution < 1.29 is 9.21 Å². The molecule has 0 fully saturated rings. The minimum absolute atomic E-state index is 0.239. The van der Waals surface area contributed by atoms with Crippen LogP contribution in [0.3, 0.4) is 0 Å². The SMILES string of the molecule is Cc1ccc2nc(-c3ccc(Cl)c(NC(=O)c4ccc(-c5ccccc5)cc4)c3)oc2c1. The lowest BCUT2D eigenvalue weighted by atomic mass is 10.0. The molecule has 5 rings (SSSR count). The minimum atomic E-state index is -0.239. The Hall–Kier alpha value is -3.89. The Balaban J connectivity index is 1.39. The highest BCUT2D eigenvalue weighted by Crippen LogP contribution is 2.31. The first-order valence-electron chi connectivity index (χ1n) is 10.2. The summed E-state index contributed by atoms with van der Waals surface area (Å²) in [5.74, 6) is 0.238. The first kappa shape index (κ1) is 20.0. The first-order valence-corrected chi connectivity index (χ1v) is 10.6. The Morgan fingerprint density at radius 3 is 2.34 bits per heavy atom. The molecule has 0 saturated heterocycles. The first-order chi connectivity index (χ1) is 15.6. The monoisotopic (exact) mass is 438 g/mol. The van der Waals surface area contributed by atoms with Gasteiger partial charge >= 0.3 is 0 Å². The maximum Gasteiger partial charge on any atom is 0.255 e. The molecule has 0 bridgehead atoms. The number of hydrogen-bond donors (Lipinski definition) is 1. The molecule has 0 aliphatic carbocycles. The predicted octanol–water partition coefficient (Wildman–Crippen LogP) is 7.38. The molecule has 0 spiro atoms. The van der Waals surface area contributed by atoms with E-state index in [4.69, 9.17) is 16.0 Å². The molecule has 1 aromatic heterocycles. The quantitative estimate of drug-likeness (QED) is 0.318. The smallest absolute Gasteiger partial charge is 0.255 e. The maximum absolute atomic E-state index is 12.8. The number of aryl methyl sites for hydroxylation is 1. The zero-order valence-electron chi connectivity index (χ0n) is 17.3. The summed E-state index contributed by atoms with van der Waals surface area (Å²) in [6.07, 6.45) is 0. The number of oxazole rings is 1. The second-order valence-electron chi connectivity index (χ2n) is 7.58. The molecular weight excluding hydrogens is 420 g/mol. The predicted molar refractivity (Wildman–Crippen MR) is 129 cm³/mol. The lowest BCUT2D eigenvalue weighted by Gasteiger charge is -2.09. The zero-order chi connectivity index (χ0) is 22.1. The Kier molecular flexibility index (Phi) is 5.21. The van der Waals surface area contributed by atoms with Gasteiger partial charge in [-0.2, -0.15) is 0 Å². The van der Waals surface area contributed by atoms with E-state index in [1.54, 1.807) is 24.3 Å². The highest BCUT2D eigenvalue weighted by atomic mass is 35.5. The summed E-state index contributed by atoms with van der Waals surface area (Å²) in [5, 5.41) is 3.34. The Bertz CT molecular complexity index is 1420. The third-order valence-corrected chi connectivity index (χ3v) is 5.59. The van der Waals surface area contributed by atoms with Gasteiger partial charge in [-0.1, -0.05) is 60.1 Å². The van der Waals surface area contributed by atoms with Crippen LogP contribution in [0.15, 0.2) is 95.4 Å². The molecule has 1 N–H and O–H groups in total. The van der Waals surface area contributed by atoms with Crippen molar-refractivity contribution in [3.63, 3.8) is 0 Å². The van der Waals surface area contributed by atoms with Crippen molar-refractivity contribution >= 4 is 34.3 Å². The van der Waals surface area contributed by atoms with Crippen LogP contribution < -0.4 is 5.32 Å². The van der Waals surface area contributed by atoms with Gasteiger partial charge in [0.2, 0.25) is 5.89 Å². The fourth-order valence-corrected chi connectivity index (χ4v) is 3.71. The summed E-state index contributed by atoms with van der Waals surface area (Å²) in [4.78, 5) is 17.4. The second kappa shape index (κ2) is 8.33. The third-order valence-electron chi connectivity index (χ3n) is 5.26. The number of nitrogens with zero attached hydrogens (tertiary/aromatic N) is 1. The molecule has 5 aromatic rings. The van der Waals surface area contributed by atoms with E-state index in [1.165, 1.54) is 0 Å². The average molecular weight is 439 g/mol. The van der Waals surface area contributed by atoms with Crippen LogP contribution in [0.25, 0.3) is 33.7 Å². The van der Waals surface area contributed by atoms with Gasteiger partial charge in [0.1, 0.15) is 5.52 Å². The number of nitrogens with one attached hydrogen (secondary N) is 1. The van der Waals surface area contributed by atoms with E-state index in [-0.39, 0.29) is 5.91 Å². The number of anilines is 1. The maximum atomic E-state index is 12.8. The Morgan fingerprint density at radius 2 is 1.56 bits per heavy atom. The summed E-state index contributed by atoms with van der Waals surface area (Å²) in [5.41, 5.74) is 6.53. The fourth-order valence-electron chi connectivity index (χ4n) is 3.55. The van der Waals surface area contributed by atoms with E-state index < -0.39 is 0 Å². The van der Waals surface area contributed by atoms with Crippen molar-refractivity contribution in [1.29, 1.82) is 0 Å². The number of aromatic nitrogens is 1. The van der Waals surface area contributed by atoms with Gasteiger partial charge in [0.05, 0.1) is 10.7 Å². The molecule has 0 atom stereocenters. The number of carbonyl (C=O) groups is 1. The van der Waals surface area contributed by atoms with Gasteiger partial charge in [0.25, 0.3) is 5.91 Å². The number of rotatable bonds is 4. The van der Waals surface area contributed by atoms with Crippen LogP contribution in [-0.4, -0.2) is 10.9 Å². The topological polar surface area (TPSA) is 55.1 Å². The van der Waals surface area contributed by atoms with Crippen LogP contribution >= 0.6 is 11.6 Å². The van der Waals surface area contributed by atoms with Gasteiger partial charge in [0, 0.05) is 11.1 Å². The van der Waals surface area contributed by atoms with E-state index in [0.717, 1.165) is 33.4 Å². The van der Waals surface area contributed by atoms with Gasteiger partial charge < -0.3 is 9.73 Å². The summed E-state index contributed by atoms with van der Waals surface area (Å²) >= 11 is 6.35. The molecule has 0 aliphatic heterocycles. The van der Waals surface area contributed by atoms with Crippen LogP contribution in [0.4, 0.5) is 5.69 Å². The van der Waals surface area contributed by atoms with Gasteiger partial charge in [-0.15, -0.1) is 0 Å². The fraction of sp³-hybridized carbons (Fsp3) is 0.0370. The summed E-state index contributed by atoms with van der Waals surface area (Å²) in [7, 11) is 0. The van der Waals surface area contributed by atoms with Gasteiger partial charge in [-0.25, -0.2) is 4.98 Å². The van der Waals surface area contributed by atoms with Crippen molar-refractivity contribution in [3.05, 3.63) is 107 Å². The molecular formula is C27H19ClN2O2. The summed E-state index contributed by atoms with van der Waals surface area (Å²) in [6, 6.07) is 28.7. The van der Waals surface area contributed by atoms with Gasteiger partial charge in [-0.05, 0) is 66.1 Å². The third kappa shape index (κ3) is 4.01. The van der Waals surface area contributed by atoms with Gasteiger partial charge in [-0.3, -0.25) is 4.79 Å². The second-order valence-corrected chi connectivity index (χ2v) is 7.99. The summed E-state index contributed by atoms with van der Waals surface area (Å²) < 4.78 is 5.91. The van der Waals surface area contributed by atoms with E-state index >= 15 is 0 Å².